The van der Waals surface area contributed by atoms with E-state index < -0.39 is 0 Å². The monoisotopic (exact) mass is 326 g/mol. The summed E-state index contributed by atoms with van der Waals surface area (Å²) in [7, 11) is 0. The zero-order valence-corrected chi connectivity index (χ0v) is 12.7. The van der Waals surface area contributed by atoms with Gasteiger partial charge in [0.05, 0.1) is 6.54 Å². The van der Waals surface area contributed by atoms with Crippen molar-refractivity contribution in [2.45, 2.75) is 26.3 Å². The maximum atomic E-state index is 5.90. The van der Waals surface area contributed by atoms with Gasteiger partial charge in [-0.1, -0.05) is 13.8 Å². The average Bonchev–Trinajstić information content (AvgIpc) is 2.72. The third kappa shape index (κ3) is 3.00. The van der Waals surface area contributed by atoms with E-state index in [9.17, 15) is 0 Å². The molecule has 2 heterocycles. The SMILES string of the molecule is CC(C)c1c(N)ncnc1NCc1cc(Br)cs1. The Morgan fingerprint density at radius 3 is 2.83 bits per heavy atom. The normalized spacial score (nSPS) is 10.9. The molecule has 0 saturated carbocycles. The molecule has 0 spiro atoms. The maximum Gasteiger partial charge on any atom is 0.135 e. The number of aromatic nitrogens is 2. The van der Waals surface area contributed by atoms with Crippen LogP contribution in [0.5, 0.6) is 0 Å². The van der Waals surface area contributed by atoms with Gasteiger partial charge in [-0.05, 0) is 27.9 Å². The lowest BCUT2D eigenvalue weighted by Crippen LogP contribution is -2.08. The van der Waals surface area contributed by atoms with Crippen molar-refractivity contribution in [1.82, 2.24) is 9.97 Å². The molecular formula is C12H15BrN4S. The van der Waals surface area contributed by atoms with Gasteiger partial charge in [0.1, 0.15) is 18.0 Å². The second-order valence-corrected chi connectivity index (χ2v) is 6.17. The van der Waals surface area contributed by atoms with Crippen LogP contribution >= 0.6 is 27.3 Å². The van der Waals surface area contributed by atoms with Crippen LogP contribution in [0.1, 0.15) is 30.2 Å². The quantitative estimate of drug-likeness (QED) is 0.900. The molecule has 0 bridgehead atoms. The van der Waals surface area contributed by atoms with Crippen molar-refractivity contribution in [1.29, 1.82) is 0 Å². The Kier molecular flexibility index (Phi) is 4.19. The molecule has 0 aliphatic rings. The van der Waals surface area contributed by atoms with Gasteiger partial charge >= 0.3 is 0 Å². The highest BCUT2D eigenvalue weighted by molar-refractivity contribution is 9.10. The van der Waals surface area contributed by atoms with Crippen molar-refractivity contribution in [2.75, 3.05) is 11.1 Å². The van der Waals surface area contributed by atoms with Crippen molar-refractivity contribution < 1.29 is 0 Å². The number of hydrogen-bond donors (Lipinski definition) is 2. The first-order valence-corrected chi connectivity index (χ1v) is 7.32. The molecule has 0 unspecified atom stereocenters. The van der Waals surface area contributed by atoms with Crippen LogP contribution in [0.4, 0.5) is 11.6 Å². The number of nitrogens with zero attached hydrogens (tertiary/aromatic N) is 2. The van der Waals surface area contributed by atoms with Crippen molar-refractivity contribution >= 4 is 38.9 Å². The zero-order valence-electron chi connectivity index (χ0n) is 10.3. The van der Waals surface area contributed by atoms with Gasteiger partial charge in [-0.15, -0.1) is 11.3 Å². The number of nitrogens with one attached hydrogen (secondary N) is 1. The van der Waals surface area contributed by atoms with Gasteiger partial charge in [-0.3, -0.25) is 0 Å². The summed E-state index contributed by atoms with van der Waals surface area (Å²) < 4.78 is 1.11. The average molecular weight is 327 g/mol. The topological polar surface area (TPSA) is 63.8 Å². The van der Waals surface area contributed by atoms with Crippen LogP contribution in [-0.4, -0.2) is 9.97 Å². The predicted molar refractivity (Wildman–Crippen MR) is 79.9 cm³/mol. The largest absolute Gasteiger partial charge is 0.383 e. The highest BCUT2D eigenvalue weighted by atomic mass is 79.9. The Hall–Kier alpha value is -1.14. The summed E-state index contributed by atoms with van der Waals surface area (Å²) in [5.74, 6) is 1.67. The van der Waals surface area contributed by atoms with E-state index in [1.54, 1.807) is 11.3 Å². The smallest absolute Gasteiger partial charge is 0.135 e. The van der Waals surface area contributed by atoms with E-state index in [0.717, 1.165) is 22.4 Å². The van der Waals surface area contributed by atoms with Crippen molar-refractivity contribution in [3.8, 4) is 0 Å². The molecular weight excluding hydrogens is 312 g/mol. The van der Waals surface area contributed by atoms with Crippen LogP contribution in [0.3, 0.4) is 0 Å². The fourth-order valence-electron chi connectivity index (χ4n) is 1.74. The molecule has 0 radical (unpaired) electrons. The van der Waals surface area contributed by atoms with Crippen LogP contribution in [-0.2, 0) is 6.54 Å². The first-order chi connectivity index (χ1) is 8.58. The summed E-state index contributed by atoms with van der Waals surface area (Å²) in [5.41, 5.74) is 6.88. The van der Waals surface area contributed by atoms with Crippen LogP contribution < -0.4 is 11.1 Å². The Morgan fingerprint density at radius 1 is 1.44 bits per heavy atom. The Labute approximate surface area is 119 Å². The van der Waals surface area contributed by atoms with E-state index in [-0.39, 0.29) is 0 Å². The number of thiophene rings is 1. The van der Waals surface area contributed by atoms with Gasteiger partial charge in [0, 0.05) is 20.3 Å². The summed E-state index contributed by atoms with van der Waals surface area (Å²) in [6.45, 7) is 4.91. The molecule has 0 saturated heterocycles. The molecule has 6 heteroatoms. The number of nitrogen functional groups attached to an aromatic ring is 1. The first-order valence-electron chi connectivity index (χ1n) is 5.65. The number of halogens is 1. The third-order valence-corrected chi connectivity index (χ3v) is 4.24. The van der Waals surface area contributed by atoms with Crippen LogP contribution in [0.2, 0.25) is 0 Å². The molecule has 2 rings (SSSR count). The predicted octanol–water partition coefficient (Wildman–Crippen LogP) is 3.62. The fraction of sp³-hybridized carbons (Fsp3) is 0.333. The van der Waals surface area contributed by atoms with Crippen LogP contribution in [0.25, 0.3) is 0 Å². The molecule has 0 aromatic carbocycles. The van der Waals surface area contributed by atoms with Gasteiger partial charge < -0.3 is 11.1 Å². The van der Waals surface area contributed by atoms with Gasteiger partial charge in [0.15, 0.2) is 0 Å². The molecule has 2 aromatic rings. The minimum absolute atomic E-state index is 0.295. The summed E-state index contributed by atoms with van der Waals surface area (Å²) in [5, 5.41) is 5.39. The number of nitrogens with two attached hydrogens (primary N) is 1. The van der Waals surface area contributed by atoms with E-state index in [2.05, 4.69) is 56.5 Å². The lowest BCUT2D eigenvalue weighted by molar-refractivity contribution is 0.850. The van der Waals surface area contributed by atoms with Crippen molar-refractivity contribution in [3.05, 3.63) is 32.7 Å². The molecule has 18 heavy (non-hydrogen) atoms. The second kappa shape index (κ2) is 5.67. The summed E-state index contributed by atoms with van der Waals surface area (Å²) in [4.78, 5) is 9.56. The van der Waals surface area contributed by atoms with Gasteiger partial charge in [0.2, 0.25) is 0 Å². The molecule has 4 nitrogen and oxygen atoms in total. The Balaban J connectivity index is 2.16. The first kappa shape index (κ1) is 13.3. The highest BCUT2D eigenvalue weighted by Crippen LogP contribution is 2.27. The Bertz CT molecular complexity index is 539. The van der Waals surface area contributed by atoms with E-state index in [1.165, 1.54) is 11.2 Å². The lowest BCUT2D eigenvalue weighted by atomic mass is 10.0. The number of hydrogen-bond acceptors (Lipinski definition) is 5. The number of anilines is 2. The lowest BCUT2D eigenvalue weighted by Gasteiger charge is -2.14. The molecule has 0 aliphatic heterocycles. The summed E-state index contributed by atoms with van der Waals surface area (Å²) in [6, 6.07) is 2.09. The highest BCUT2D eigenvalue weighted by Gasteiger charge is 2.12. The van der Waals surface area contributed by atoms with E-state index in [1.807, 2.05) is 0 Å². The molecule has 0 aliphatic carbocycles. The fourth-order valence-corrected chi connectivity index (χ4v) is 3.13. The molecule has 0 fully saturated rings. The second-order valence-electron chi connectivity index (χ2n) is 4.26. The van der Waals surface area contributed by atoms with Crippen LogP contribution in [0, 0.1) is 0 Å². The molecule has 0 amide bonds. The van der Waals surface area contributed by atoms with E-state index >= 15 is 0 Å². The molecule has 96 valence electrons. The number of rotatable bonds is 4. The maximum absolute atomic E-state index is 5.90. The molecule has 2 aromatic heterocycles. The van der Waals surface area contributed by atoms with Gasteiger partial charge in [0.25, 0.3) is 0 Å². The van der Waals surface area contributed by atoms with Crippen LogP contribution in [0.15, 0.2) is 22.2 Å². The standard InChI is InChI=1S/C12H15BrN4S/c1-7(2)10-11(14)16-6-17-12(10)15-4-9-3-8(13)5-18-9/h3,5-7H,4H2,1-2H3,(H3,14,15,16,17). The zero-order chi connectivity index (χ0) is 13.1. The van der Waals surface area contributed by atoms with Gasteiger partial charge in [-0.25, -0.2) is 9.97 Å². The minimum atomic E-state index is 0.295. The summed E-state index contributed by atoms with van der Waals surface area (Å²) in [6.07, 6.45) is 1.49. The third-order valence-electron chi connectivity index (χ3n) is 2.54. The summed E-state index contributed by atoms with van der Waals surface area (Å²) >= 11 is 5.15. The minimum Gasteiger partial charge on any atom is -0.383 e. The van der Waals surface area contributed by atoms with E-state index in [4.69, 9.17) is 5.73 Å². The van der Waals surface area contributed by atoms with Crippen molar-refractivity contribution in [2.24, 2.45) is 0 Å². The molecule has 3 N–H and O–H groups in total. The van der Waals surface area contributed by atoms with Crippen molar-refractivity contribution in [3.63, 3.8) is 0 Å². The Morgan fingerprint density at radius 2 is 2.22 bits per heavy atom. The molecule has 0 atom stereocenters. The van der Waals surface area contributed by atoms with Gasteiger partial charge in [-0.2, -0.15) is 0 Å². The van der Waals surface area contributed by atoms with E-state index in [0.29, 0.717) is 11.7 Å².